The standard InChI is InChI=1S/C12H17N3O/c1-2-9(7-16-5-1)12-10-6-13-4-3-11(10)14-8-15-12/h8-9,13H,1-7H2. The SMILES string of the molecule is c1nc2c(c(C3CCCOC3)n1)CNCC2. The predicted molar refractivity (Wildman–Crippen MR) is 60.2 cm³/mol. The van der Waals surface area contributed by atoms with E-state index in [1.807, 2.05) is 0 Å². The predicted octanol–water partition coefficient (Wildman–Crippen LogP) is 1.02. The summed E-state index contributed by atoms with van der Waals surface area (Å²) in [5.41, 5.74) is 3.77. The quantitative estimate of drug-likeness (QED) is 0.766. The lowest BCUT2D eigenvalue weighted by atomic mass is 9.92. The van der Waals surface area contributed by atoms with Crippen LogP contribution in [0.15, 0.2) is 6.33 Å². The second-order valence-corrected chi connectivity index (χ2v) is 4.53. The van der Waals surface area contributed by atoms with E-state index in [0.717, 1.165) is 39.1 Å². The van der Waals surface area contributed by atoms with E-state index >= 15 is 0 Å². The van der Waals surface area contributed by atoms with Crippen LogP contribution in [0.1, 0.15) is 35.7 Å². The molecule has 0 radical (unpaired) electrons. The molecule has 1 aromatic rings. The van der Waals surface area contributed by atoms with Crippen LogP contribution in [0.3, 0.4) is 0 Å². The first kappa shape index (κ1) is 10.2. The Kier molecular flexibility index (Phi) is 2.84. The fourth-order valence-corrected chi connectivity index (χ4v) is 2.60. The van der Waals surface area contributed by atoms with E-state index in [-0.39, 0.29) is 0 Å². The molecule has 0 aromatic carbocycles. The van der Waals surface area contributed by atoms with Crippen molar-refractivity contribution in [1.82, 2.24) is 15.3 Å². The van der Waals surface area contributed by atoms with Gasteiger partial charge in [0, 0.05) is 43.3 Å². The van der Waals surface area contributed by atoms with Crippen LogP contribution in [-0.4, -0.2) is 29.7 Å². The molecule has 0 spiro atoms. The number of hydrogen-bond acceptors (Lipinski definition) is 4. The van der Waals surface area contributed by atoms with E-state index < -0.39 is 0 Å². The first-order valence-corrected chi connectivity index (χ1v) is 6.06. The van der Waals surface area contributed by atoms with Gasteiger partial charge >= 0.3 is 0 Å². The molecule has 0 bridgehead atoms. The van der Waals surface area contributed by atoms with Crippen molar-refractivity contribution < 1.29 is 4.74 Å². The van der Waals surface area contributed by atoms with Gasteiger partial charge in [0.2, 0.25) is 0 Å². The van der Waals surface area contributed by atoms with Gasteiger partial charge in [-0.2, -0.15) is 0 Å². The Morgan fingerprint density at radius 1 is 1.38 bits per heavy atom. The summed E-state index contributed by atoms with van der Waals surface area (Å²) in [6, 6.07) is 0. The number of aromatic nitrogens is 2. The molecular weight excluding hydrogens is 202 g/mol. The smallest absolute Gasteiger partial charge is 0.115 e. The lowest BCUT2D eigenvalue weighted by Gasteiger charge is -2.26. The van der Waals surface area contributed by atoms with Crippen LogP contribution in [0.25, 0.3) is 0 Å². The number of nitrogens with zero attached hydrogens (tertiary/aromatic N) is 2. The molecule has 1 saturated heterocycles. The van der Waals surface area contributed by atoms with E-state index in [9.17, 15) is 0 Å². The van der Waals surface area contributed by atoms with Crippen LogP contribution in [0.4, 0.5) is 0 Å². The Morgan fingerprint density at radius 3 is 3.25 bits per heavy atom. The molecule has 1 N–H and O–H groups in total. The Hall–Kier alpha value is -1.00. The maximum atomic E-state index is 5.55. The molecule has 0 amide bonds. The van der Waals surface area contributed by atoms with Crippen molar-refractivity contribution in [3.63, 3.8) is 0 Å². The fraction of sp³-hybridized carbons (Fsp3) is 0.667. The van der Waals surface area contributed by atoms with E-state index in [2.05, 4.69) is 15.3 Å². The number of fused-ring (bicyclic) bond motifs is 1. The Balaban J connectivity index is 1.93. The van der Waals surface area contributed by atoms with Crippen LogP contribution in [-0.2, 0) is 17.7 Å². The Morgan fingerprint density at radius 2 is 2.38 bits per heavy atom. The molecule has 4 nitrogen and oxygen atoms in total. The summed E-state index contributed by atoms with van der Waals surface area (Å²) in [6.45, 7) is 3.68. The van der Waals surface area contributed by atoms with E-state index in [4.69, 9.17) is 4.74 Å². The molecule has 3 heterocycles. The number of ether oxygens (including phenoxy) is 1. The monoisotopic (exact) mass is 219 g/mol. The summed E-state index contributed by atoms with van der Waals surface area (Å²) >= 11 is 0. The Bertz CT molecular complexity index is 375. The first-order valence-electron chi connectivity index (χ1n) is 6.06. The summed E-state index contributed by atoms with van der Waals surface area (Å²) in [6.07, 6.45) is 5.09. The van der Waals surface area contributed by atoms with Gasteiger partial charge < -0.3 is 10.1 Å². The van der Waals surface area contributed by atoms with Gasteiger partial charge in [-0.3, -0.25) is 0 Å². The van der Waals surface area contributed by atoms with Crippen molar-refractivity contribution in [3.05, 3.63) is 23.3 Å². The molecule has 3 rings (SSSR count). The molecule has 16 heavy (non-hydrogen) atoms. The minimum absolute atomic E-state index is 0.477. The lowest BCUT2D eigenvalue weighted by Crippen LogP contribution is -2.28. The van der Waals surface area contributed by atoms with Crippen molar-refractivity contribution in [3.8, 4) is 0 Å². The van der Waals surface area contributed by atoms with Gasteiger partial charge in [-0.25, -0.2) is 9.97 Å². The summed E-state index contributed by atoms with van der Waals surface area (Å²) in [5.74, 6) is 0.477. The molecule has 1 aromatic heterocycles. The molecule has 0 aliphatic carbocycles. The van der Waals surface area contributed by atoms with Crippen molar-refractivity contribution >= 4 is 0 Å². The lowest BCUT2D eigenvalue weighted by molar-refractivity contribution is 0.0789. The maximum Gasteiger partial charge on any atom is 0.115 e. The summed E-state index contributed by atoms with van der Waals surface area (Å²) in [5, 5.41) is 3.40. The topological polar surface area (TPSA) is 47.0 Å². The highest BCUT2D eigenvalue weighted by Crippen LogP contribution is 2.28. The highest BCUT2D eigenvalue weighted by atomic mass is 16.5. The molecule has 2 aliphatic heterocycles. The zero-order valence-corrected chi connectivity index (χ0v) is 9.41. The van der Waals surface area contributed by atoms with Crippen LogP contribution < -0.4 is 5.32 Å². The van der Waals surface area contributed by atoms with Gasteiger partial charge in [-0.1, -0.05) is 0 Å². The van der Waals surface area contributed by atoms with Crippen LogP contribution in [0, 0.1) is 0 Å². The van der Waals surface area contributed by atoms with Gasteiger partial charge in [0.1, 0.15) is 6.33 Å². The highest BCUT2D eigenvalue weighted by Gasteiger charge is 2.23. The summed E-state index contributed by atoms with van der Waals surface area (Å²) in [4.78, 5) is 8.87. The molecule has 86 valence electrons. The first-order chi connectivity index (χ1) is 7.95. The Labute approximate surface area is 95.4 Å². The number of rotatable bonds is 1. The average molecular weight is 219 g/mol. The normalized spacial score (nSPS) is 25.1. The van der Waals surface area contributed by atoms with Crippen molar-refractivity contribution in [2.75, 3.05) is 19.8 Å². The van der Waals surface area contributed by atoms with Crippen LogP contribution >= 0.6 is 0 Å². The van der Waals surface area contributed by atoms with E-state index in [0.29, 0.717) is 5.92 Å². The molecule has 4 heteroatoms. The zero-order valence-electron chi connectivity index (χ0n) is 9.41. The van der Waals surface area contributed by atoms with Crippen LogP contribution in [0.5, 0.6) is 0 Å². The minimum Gasteiger partial charge on any atom is -0.381 e. The second-order valence-electron chi connectivity index (χ2n) is 4.53. The van der Waals surface area contributed by atoms with Crippen LogP contribution in [0.2, 0.25) is 0 Å². The maximum absolute atomic E-state index is 5.55. The van der Waals surface area contributed by atoms with Crippen molar-refractivity contribution in [2.24, 2.45) is 0 Å². The molecule has 0 saturated carbocycles. The average Bonchev–Trinajstić information content (AvgIpc) is 2.39. The van der Waals surface area contributed by atoms with E-state index in [1.54, 1.807) is 6.33 Å². The molecule has 2 aliphatic rings. The third-order valence-corrected chi connectivity index (χ3v) is 3.46. The second kappa shape index (κ2) is 4.47. The van der Waals surface area contributed by atoms with Crippen molar-refractivity contribution in [1.29, 1.82) is 0 Å². The largest absolute Gasteiger partial charge is 0.381 e. The van der Waals surface area contributed by atoms with E-state index in [1.165, 1.54) is 23.4 Å². The fourth-order valence-electron chi connectivity index (χ4n) is 2.60. The highest BCUT2D eigenvalue weighted by molar-refractivity contribution is 5.29. The third kappa shape index (κ3) is 1.83. The molecular formula is C12H17N3O. The van der Waals surface area contributed by atoms with Gasteiger partial charge in [0.25, 0.3) is 0 Å². The van der Waals surface area contributed by atoms with Gasteiger partial charge in [0.05, 0.1) is 12.3 Å². The van der Waals surface area contributed by atoms with Gasteiger partial charge in [-0.05, 0) is 12.8 Å². The minimum atomic E-state index is 0.477. The molecule has 1 fully saturated rings. The third-order valence-electron chi connectivity index (χ3n) is 3.46. The van der Waals surface area contributed by atoms with Crippen molar-refractivity contribution in [2.45, 2.75) is 31.7 Å². The summed E-state index contributed by atoms with van der Waals surface area (Å²) < 4.78 is 5.55. The molecule has 1 unspecified atom stereocenters. The summed E-state index contributed by atoms with van der Waals surface area (Å²) in [7, 11) is 0. The molecule has 1 atom stereocenters. The van der Waals surface area contributed by atoms with Gasteiger partial charge in [0.15, 0.2) is 0 Å². The number of nitrogens with one attached hydrogen (secondary N) is 1. The zero-order chi connectivity index (χ0) is 10.8. The van der Waals surface area contributed by atoms with Gasteiger partial charge in [-0.15, -0.1) is 0 Å². The number of hydrogen-bond donors (Lipinski definition) is 1.